The van der Waals surface area contributed by atoms with Crippen molar-refractivity contribution in [1.29, 1.82) is 0 Å². The van der Waals surface area contributed by atoms with E-state index in [0.29, 0.717) is 12.1 Å². The van der Waals surface area contributed by atoms with Gasteiger partial charge in [-0.3, -0.25) is 9.59 Å². The summed E-state index contributed by atoms with van der Waals surface area (Å²) in [7, 11) is 1.85. The molecular weight excluding hydrogens is 522 g/mol. The Balaban J connectivity index is 0.000000629. The summed E-state index contributed by atoms with van der Waals surface area (Å²) in [4.78, 5) is 23.5. The Labute approximate surface area is 256 Å². The Hall–Kier alpha value is -3.16. The van der Waals surface area contributed by atoms with Crippen molar-refractivity contribution < 1.29 is 9.59 Å². The van der Waals surface area contributed by atoms with Crippen LogP contribution in [-0.2, 0) is 11.3 Å². The summed E-state index contributed by atoms with van der Waals surface area (Å²) in [5.41, 5.74) is 9.55. The Morgan fingerprint density at radius 2 is 1.52 bits per heavy atom. The number of ketones is 1. The fourth-order valence-electron chi connectivity index (χ4n) is 3.98. The van der Waals surface area contributed by atoms with Gasteiger partial charge in [-0.05, 0) is 64.2 Å². The van der Waals surface area contributed by atoms with Gasteiger partial charge in [-0.15, -0.1) is 0 Å². The van der Waals surface area contributed by atoms with Gasteiger partial charge < -0.3 is 27.0 Å². The van der Waals surface area contributed by atoms with Crippen LogP contribution in [0.2, 0.25) is 0 Å². The van der Waals surface area contributed by atoms with Crippen LogP contribution in [0.4, 0.5) is 0 Å². The predicted molar refractivity (Wildman–Crippen MR) is 179 cm³/mol. The van der Waals surface area contributed by atoms with Crippen LogP contribution in [-0.4, -0.2) is 44.9 Å². The van der Waals surface area contributed by atoms with Crippen molar-refractivity contribution in [3.63, 3.8) is 0 Å². The number of unbranched alkanes of at least 4 members (excludes halogenated alkanes) is 4. The molecule has 6 N–H and O–H groups in total. The summed E-state index contributed by atoms with van der Waals surface area (Å²) >= 11 is 0. The van der Waals surface area contributed by atoms with Crippen LogP contribution in [0.1, 0.15) is 92.8 Å². The summed E-state index contributed by atoms with van der Waals surface area (Å²) in [6, 6.07) is 15.5. The molecule has 2 aromatic rings. The molecule has 1 aliphatic heterocycles. The van der Waals surface area contributed by atoms with E-state index in [-0.39, 0.29) is 0 Å². The third kappa shape index (κ3) is 19.1. The summed E-state index contributed by atoms with van der Waals surface area (Å²) in [5, 5.41) is 12.1. The average molecular weight is 582 g/mol. The predicted octanol–water partition coefficient (Wildman–Crippen LogP) is 6.01. The number of hydrogen-bond donors (Lipinski definition) is 5. The molecular formula is C35H59N5O2. The first kappa shape index (κ1) is 38.8. The number of hydrogen-bond acceptors (Lipinski definition) is 6. The Kier molecular flexibility index (Phi) is 23.6. The second-order valence-corrected chi connectivity index (χ2v) is 10.4. The summed E-state index contributed by atoms with van der Waals surface area (Å²) in [6.45, 7) is 18.6. The number of Topliss-reactive ketones (excluding diaryl/α,β-unsaturated/α-hetero) is 1. The Morgan fingerprint density at radius 3 is 2.02 bits per heavy atom. The van der Waals surface area contributed by atoms with Crippen molar-refractivity contribution in [1.82, 2.24) is 21.3 Å². The summed E-state index contributed by atoms with van der Waals surface area (Å²) in [5.74, 6) is 0.650. The molecule has 2 aromatic carbocycles. The van der Waals surface area contributed by atoms with Crippen LogP contribution in [0.5, 0.6) is 0 Å². The first-order valence-electron chi connectivity index (χ1n) is 15.8. The molecule has 0 radical (unpaired) electrons. The quantitative estimate of drug-likeness (QED) is 0.113. The van der Waals surface area contributed by atoms with E-state index in [4.69, 9.17) is 5.73 Å². The van der Waals surface area contributed by atoms with E-state index in [1.54, 1.807) is 12.1 Å². The Bertz CT molecular complexity index is 968. The zero-order chi connectivity index (χ0) is 31.6. The van der Waals surface area contributed by atoms with E-state index >= 15 is 0 Å². The number of rotatable bonds is 13. The minimum Gasteiger partial charge on any atom is -0.375 e. The number of nitrogens with two attached hydrogens (primary N) is 1. The van der Waals surface area contributed by atoms with E-state index in [1.165, 1.54) is 49.8 Å². The topological polar surface area (TPSA) is 108 Å². The highest BCUT2D eigenvalue weighted by Gasteiger charge is 2.14. The molecule has 1 fully saturated rings. The minimum atomic E-state index is -0.501. The molecule has 0 aromatic heterocycles. The zero-order valence-corrected chi connectivity index (χ0v) is 27.3. The third-order valence-electron chi connectivity index (χ3n) is 6.75. The second-order valence-electron chi connectivity index (χ2n) is 10.4. The average Bonchev–Trinajstić information content (AvgIpc) is 3.04. The zero-order valence-electron chi connectivity index (χ0n) is 27.3. The molecule has 1 atom stereocenters. The SMILES string of the molecule is C=C(NC)NCc1ccc(C)cc1.CC.CCCCCCCNC(=O)C(=O)c1ccc(C)cc1.NCC1CCCNC1. The van der Waals surface area contributed by atoms with Gasteiger partial charge in [0.15, 0.2) is 0 Å². The second kappa shape index (κ2) is 25.5. The van der Waals surface area contributed by atoms with Crippen LogP contribution >= 0.6 is 0 Å². The van der Waals surface area contributed by atoms with Crippen molar-refractivity contribution in [3.05, 3.63) is 83.2 Å². The lowest BCUT2D eigenvalue weighted by Gasteiger charge is -2.20. The van der Waals surface area contributed by atoms with Crippen LogP contribution < -0.4 is 27.0 Å². The van der Waals surface area contributed by atoms with E-state index < -0.39 is 11.7 Å². The van der Waals surface area contributed by atoms with Gasteiger partial charge >= 0.3 is 0 Å². The maximum Gasteiger partial charge on any atom is 0.292 e. The first-order valence-corrected chi connectivity index (χ1v) is 15.8. The molecule has 7 nitrogen and oxygen atoms in total. The van der Waals surface area contributed by atoms with Gasteiger partial charge in [0.2, 0.25) is 5.78 Å². The first-order chi connectivity index (χ1) is 20.3. The van der Waals surface area contributed by atoms with Crippen molar-refractivity contribution in [3.8, 4) is 0 Å². The van der Waals surface area contributed by atoms with Crippen molar-refractivity contribution in [2.75, 3.05) is 33.2 Å². The molecule has 1 saturated heterocycles. The van der Waals surface area contributed by atoms with Gasteiger partial charge in [0.25, 0.3) is 5.91 Å². The molecule has 0 bridgehead atoms. The fraction of sp³-hybridized carbons (Fsp3) is 0.543. The highest BCUT2D eigenvalue weighted by atomic mass is 16.2. The molecule has 42 heavy (non-hydrogen) atoms. The van der Waals surface area contributed by atoms with Crippen molar-refractivity contribution in [2.45, 2.75) is 86.1 Å². The Morgan fingerprint density at radius 1 is 0.929 bits per heavy atom. The lowest BCUT2D eigenvalue weighted by molar-refractivity contribution is -0.117. The van der Waals surface area contributed by atoms with Gasteiger partial charge in [0.1, 0.15) is 0 Å². The summed E-state index contributed by atoms with van der Waals surface area (Å²) in [6.07, 6.45) is 8.30. The number of aryl methyl sites for hydroxylation is 2. The number of piperidine rings is 1. The number of benzene rings is 2. The number of carbonyl (C=O) groups excluding carboxylic acids is 2. The lowest BCUT2D eigenvalue weighted by Crippen LogP contribution is -2.33. The molecule has 1 amide bonds. The largest absolute Gasteiger partial charge is 0.375 e. The van der Waals surface area contributed by atoms with E-state index in [9.17, 15) is 9.59 Å². The summed E-state index contributed by atoms with van der Waals surface area (Å²) < 4.78 is 0. The molecule has 1 aliphatic rings. The van der Waals surface area contributed by atoms with Gasteiger partial charge in [0.05, 0.1) is 5.82 Å². The monoisotopic (exact) mass is 581 g/mol. The maximum absolute atomic E-state index is 11.8. The molecule has 0 aliphatic carbocycles. The lowest BCUT2D eigenvalue weighted by atomic mass is 10.0. The van der Waals surface area contributed by atoms with Gasteiger partial charge in [0, 0.05) is 25.7 Å². The van der Waals surface area contributed by atoms with Crippen LogP contribution in [0, 0.1) is 19.8 Å². The van der Waals surface area contributed by atoms with Gasteiger partial charge in [-0.2, -0.15) is 0 Å². The van der Waals surface area contributed by atoms with Crippen LogP contribution in [0.25, 0.3) is 0 Å². The standard InChI is InChI=1S/C16H23NO2.C11H16N2.C6H14N2.C2H6/c1-3-4-5-6-7-12-17-16(19)15(18)14-10-8-13(2)9-11-14;1-9-4-6-11(7-5-9)8-13-10(2)12-3;7-4-6-2-1-3-8-5-6;1-2/h8-11H,3-7,12H2,1-2H3,(H,17,19);4-7,12-13H,2,8H2,1,3H3;6,8H,1-5,7H2;1-2H3. The molecule has 1 heterocycles. The van der Waals surface area contributed by atoms with Crippen LogP contribution in [0.3, 0.4) is 0 Å². The minimum absolute atomic E-state index is 0.450. The maximum atomic E-state index is 11.8. The molecule has 0 spiro atoms. The van der Waals surface area contributed by atoms with Crippen molar-refractivity contribution >= 4 is 11.7 Å². The molecule has 236 valence electrons. The molecule has 7 heteroatoms. The van der Waals surface area contributed by atoms with Gasteiger partial charge in [-0.25, -0.2) is 0 Å². The molecule has 0 saturated carbocycles. The highest BCUT2D eigenvalue weighted by molar-refractivity contribution is 6.42. The molecule has 3 rings (SSSR count). The van der Waals surface area contributed by atoms with E-state index in [1.807, 2.05) is 40.0 Å². The van der Waals surface area contributed by atoms with E-state index in [0.717, 1.165) is 49.8 Å². The fourth-order valence-corrected chi connectivity index (χ4v) is 3.98. The number of amides is 1. The number of nitrogens with one attached hydrogen (secondary N) is 4. The van der Waals surface area contributed by atoms with Crippen LogP contribution in [0.15, 0.2) is 60.9 Å². The number of carbonyl (C=O) groups is 2. The smallest absolute Gasteiger partial charge is 0.292 e. The van der Waals surface area contributed by atoms with Crippen molar-refractivity contribution in [2.24, 2.45) is 11.7 Å². The third-order valence-corrected chi connectivity index (χ3v) is 6.75. The normalized spacial score (nSPS) is 13.5. The molecule has 1 unspecified atom stereocenters. The highest BCUT2D eigenvalue weighted by Crippen LogP contribution is 2.07. The van der Waals surface area contributed by atoms with Gasteiger partial charge in [-0.1, -0.05) is 113 Å². The van der Waals surface area contributed by atoms with E-state index in [2.05, 4.69) is 66.0 Å².